The Hall–Kier alpha value is -1.51. The van der Waals surface area contributed by atoms with Crippen LogP contribution in [0, 0.1) is 0 Å². The molecule has 0 radical (unpaired) electrons. The largest absolute Gasteiger partial charge is 0.370 e. The lowest BCUT2D eigenvalue weighted by molar-refractivity contribution is 0.457. The fraction of sp³-hybridized carbons (Fsp3) is 0.500. The lowest BCUT2D eigenvalue weighted by atomic mass is 10.0. The van der Waals surface area contributed by atoms with Crippen LogP contribution in [0.5, 0.6) is 0 Å². The van der Waals surface area contributed by atoms with Gasteiger partial charge in [0, 0.05) is 25.6 Å². The van der Waals surface area contributed by atoms with Crippen LogP contribution in [0.1, 0.15) is 32.3 Å². The predicted molar refractivity (Wildman–Crippen MR) is 74.3 cm³/mol. The van der Waals surface area contributed by atoms with Crippen LogP contribution < -0.4 is 5.73 Å². The highest BCUT2D eigenvalue weighted by atomic mass is 15.2. The molecule has 0 aliphatic rings. The first-order valence-corrected chi connectivity index (χ1v) is 6.28. The normalized spacial score (nSPS) is 13.5. The third-order valence-electron chi connectivity index (χ3n) is 2.98. The monoisotopic (exact) mass is 233 g/mol. The summed E-state index contributed by atoms with van der Waals surface area (Å²) in [4.78, 5) is 6.53. The minimum absolute atomic E-state index is 0.408. The summed E-state index contributed by atoms with van der Waals surface area (Å²) in [6.07, 6.45) is 0. The summed E-state index contributed by atoms with van der Waals surface area (Å²) >= 11 is 0. The molecule has 2 N–H and O–H groups in total. The van der Waals surface area contributed by atoms with Crippen LogP contribution in [0.15, 0.2) is 35.3 Å². The minimum Gasteiger partial charge on any atom is -0.370 e. The van der Waals surface area contributed by atoms with Gasteiger partial charge in [-0.1, -0.05) is 37.3 Å². The first-order valence-electron chi connectivity index (χ1n) is 6.28. The van der Waals surface area contributed by atoms with Gasteiger partial charge in [-0.3, -0.25) is 4.99 Å². The van der Waals surface area contributed by atoms with Crippen molar-refractivity contribution in [3.63, 3.8) is 0 Å². The van der Waals surface area contributed by atoms with E-state index in [-0.39, 0.29) is 0 Å². The van der Waals surface area contributed by atoms with Crippen molar-refractivity contribution in [1.82, 2.24) is 4.90 Å². The van der Waals surface area contributed by atoms with Crippen molar-refractivity contribution in [2.24, 2.45) is 10.7 Å². The Labute approximate surface area is 104 Å². The Balaban J connectivity index is 2.58. The average Bonchev–Trinajstić information content (AvgIpc) is 2.38. The van der Waals surface area contributed by atoms with Gasteiger partial charge >= 0.3 is 0 Å². The molecule has 17 heavy (non-hydrogen) atoms. The summed E-state index contributed by atoms with van der Waals surface area (Å²) in [5, 5.41) is 0. The average molecular weight is 233 g/mol. The SMILES string of the molecule is CCN(CC)C(N)=NCC(C)c1ccccc1. The van der Waals surface area contributed by atoms with Crippen LogP contribution in [0.4, 0.5) is 0 Å². The van der Waals surface area contributed by atoms with Gasteiger partial charge in [0.1, 0.15) is 0 Å². The molecule has 1 atom stereocenters. The number of benzene rings is 1. The Morgan fingerprint density at radius 3 is 2.35 bits per heavy atom. The number of hydrogen-bond donors (Lipinski definition) is 1. The Morgan fingerprint density at radius 1 is 1.24 bits per heavy atom. The molecule has 1 aromatic rings. The molecule has 0 amide bonds. The van der Waals surface area contributed by atoms with Gasteiger partial charge in [-0.05, 0) is 19.4 Å². The molecular weight excluding hydrogens is 210 g/mol. The van der Waals surface area contributed by atoms with Crippen molar-refractivity contribution >= 4 is 5.96 Å². The molecule has 0 fully saturated rings. The molecule has 0 aliphatic heterocycles. The summed E-state index contributed by atoms with van der Waals surface area (Å²) < 4.78 is 0. The number of nitrogens with two attached hydrogens (primary N) is 1. The number of aliphatic imine (C=N–C) groups is 1. The second kappa shape index (κ2) is 6.94. The van der Waals surface area contributed by atoms with Crippen molar-refractivity contribution in [2.75, 3.05) is 19.6 Å². The van der Waals surface area contributed by atoms with E-state index in [9.17, 15) is 0 Å². The quantitative estimate of drug-likeness (QED) is 0.627. The van der Waals surface area contributed by atoms with Crippen LogP contribution in [0.3, 0.4) is 0 Å². The molecule has 94 valence electrons. The Morgan fingerprint density at radius 2 is 1.82 bits per heavy atom. The third-order valence-corrected chi connectivity index (χ3v) is 2.98. The van der Waals surface area contributed by atoms with Gasteiger partial charge in [-0.15, -0.1) is 0 Å². The maximum absolute atomic E-state index is 5.94. The minimum atomic E-state index is 0.408. The lowest BCUT2D eigenvalue weighted by Crippen LogP contribution is -2.37. The van der Waals surface area contributed by atoms with E-state index in [1.165, 1.54) is 5.56 Å². The molecule has 0 aromatic heterocycles. The van der Waals surface area contributed by atoms with E-state index >= 15 is 0 Å². The molecule has 1 rings (SSSR count). The maximum atomic E-state index is 5.94. The number of guanidine groups is 1. The topological polar surface area (TPSA) is 41.6 Å². The van der Waals surface area contributed by atoms with Gasteiger partial charge < -0.3 is 10.6 Å². The molecular formula is C14H23N3. The summed E-state index contributed by atoms with van der Waals surface area (Å²) in [6, 6.07) is 10.4. The van der Waals surface area contributed by atoms with Crippen LogP contribution in [-0.2, 0) is 0 Å². The molecule has 0 spiro atoms. The van der Waals surface area contributed by atoms with Crippen LogP contribution in [0.25, 0.3) is 0 Å². The smallest absolute Gasteiger partial charge is 0.191 e. The van der Waals surface area contributed by atoms with E-state index in [0.717, 1.165) is 19.6 Å². The number of hydrogen-bond acceptors (Lipinski definition) is 1. The fourth-order valence-corrected chi connectivity index (χ4v) is 1.77. The van der Waals surface area contributed by atoms with E-state index in [0.29, 0.717) is 11.9 Å². The van der Waals surface area contributed by atoms with Crippen molar-refractivity contribution < 1.29 is 0 Å². The van der Waals surface area contributed by atoms with Gasteiger partial charge in [-0.2, -0.15) is 0 Å². The summed E-state index contributed by atoms with van der Waals surface area (Å²) in [5.74, 6) is 1.06. The molecule has 1 aromatic carbocycles. The van der Waals surface area contributed by atoms with E-state index in [1.807, 2.05) is 6.07 Å². The van der Waals surface area contributed by atoms with Gasteiger partial charge in [0.05, 0.1) is 0 Å². The van der Waals surface area contributed by atoms with Gasteiger partial charge in [0.15, 0.2) is 5.96 Å². The summed E-state index contributed by atoms with van der Waals surface area (Å²) in [7, 11) is 0. The van der Waals surface area contributed by atoms with E-state index < -0.39 is 0 Å². The predicted octanol–water partition coefficient (Wildman–Crippen LogP) is 2.45. The Kier molecular flexibility index (Phi) is 5.53. The van der Waals surface area contributed by atoms with Crippen molar-refractivity contribution in [1.29, 1.82) is 0 Å². The van der Waals surface area contributed by atoms with E-state index in [1.54, 1.807) is 0 Å². The summed E-state index contributed by atoms with van der Waals surface area (Å²) in [6.45, 7) is 8.91. The second-order valence-electron chi connectivity index (χ2n) is 4.18. The van der Waals surface area contributed by atoms with Crippen LogP contribution in [0.2, 0.25) is 0 Å². The van der Waals surface area contributed by atoms with Gasteiger partial charge in [0.2, 0.25) is 0 Å². The van der Waals surface area contributed by atoms with Gasteiger partial charge in [-0.25, -0.2) is 0 Å². The highest BCUT2D eigenvalue weighted by molar-refractivity contribution is 5.78. The molecule has 0 aliphatic carbocycles. The van der Waals surface area contributed by atoms with Crippen molar-refractivity contribution in [2.45, 2.75) is 26.7 Å². The van der Waals surface area contributed by atoms with Crippen molar-refractivity contribution in [3.8, 4) is 0 Å². The molecule has 0 heterocycles. The zero-order valence-electron chi connectivity index (χ0n) is 11.1. The second-order valence-corrected chi connectivity index (χ2v) is 4.18. The van der Waals surface area contributed by atoms with Gasteiger partial charge in [0.25, 0.3) is 0 Å². The first-order chi connectivity index (χ1) is 8.19. The third kappa shape index (κ3) is 4.10. The van der Waals surface area contributed by atoms with E-state index in [4.69, 9.17) is 5.73 Å². The molecule has 0 saturated heterocycles. The standard InChI is InChI=1S/C14H23N3/c1-4-17(5-2)14(15)16-11-12(3)13-9-7-6-8-10-13/h6-10,12H,4-5,11H2,1-3H3,(H2,15,16). The zero-order valence-corrected chi connectivity index (χ0v) is 11.1. The first kappa shape index (κ1) is 13.6. The van der Waals surface area contributed by atoms with Crippen LogP contribution in [-0.4, -0.2) is 30.5 Å². The molecule has 0 bridgehead atoms. The molecule has 3 heteroatoms. The highest BCUT2D eigenvalue weighted by Crippen LogP contribution is 2.14. The molecule has 1 unspecified atom stereocenters. The van der Waals surface area contributed by atoms with Crippen LogP contribution >= 0.6 is 0 Å². The number of nitrogens with zero attached hydrogens (tertiary/aromatic N) is 2. The maximum Gasteiger partial charge on any atom is 0.191 e. The molecule has 0 saturated carbocycles. The lowest BCUT2D eigenvalue weighted by Gasteiger charge is -2.20. The number of rotatable bonds is 5. The molecule has 3 nitrogen and oxygen atoms in total. The van der Waals surface area contributed by atoms with E-state index in [2.05, 4.69) is 54.9 Å². The highest BCUT2D eigenvalue weighted by Gasteiger charge is 2.06. The zero-order chi connectivity index (χ0) is 12.7. The Bertz CT molecular complexity index is 342. The fourth-order valence-electron chi connectivity index (χ4n) is 1.77. The van der Waals surface area contributed by atoms with Crippen molar-refractivity contribution in [3.05, 3.63) is 35.9 Å². The summed E-state index contributed by atoms with van der Waals surface area (Å²) in [5.41, 5.74) is 7.25.